The van der Waals surface area contributed by atoms with Crippen LogP contribution >= 0.6 is 0 Å². The number of anilines is 1. The second-order valence-corrected chi connectivity index (χ2v) is 7.15. The highest BCUT2D eigenvalue weighted by Gasteiger charge is 2.23. The van der Waals surface area contributed by atoms with Gasteiger partial charge in [-0.2, -0.15) is 5.10 Å². The Morgan fingerprint density at radius 2 is 2.11 bits per heavy atom. The largest absolute Gasteiger partial charge is 0.391 e. The summed E-state index contributed by atoms with van der Waals surface area (Å²) in [6, 6.07) is 9.96. The van der Waals surface area contributed by atoms with Gasteiger partial charge in [0.05, 0.1) is 29.2 Å². The van der Waals surface area contributed by atoms with Crippen molar-refractivity contribution < 1.29 is 5.11 Å². The maximum absolute atomic E-state index is 9.89. The third-order valence-corrected chi connectivity index (χ3v) is 5.18. The topological polar surface area (TPSA) is 90.8 Å². The van der Waals surface area contributed by atoms with Crippen LogP contribution in [0.2, 0.25) is 0 Å². The van der Waals surface area contributed by atoms with E-state index in [1.54, 1.807) is 18.6 Å². The quantitative estimate of drug-likeness (QED) is 0.575. The summed E-state index contributed by atoms with van der Waals surface area (Å²) in [5.41, 5.74) is 5.36. The van der Waals surface area contributed by atoms with Crippen molar-refractivity contribution in [2.24, 2.45) is 0 Å². The first-order valence-corrected chi connectivity index (χ1v) is 9.34. The fourth-order valence-corrected chi connectivity index (χ4v) is 3.69. The summed E-state index contributed by atoms with van der Waals surface area (Å²) < 4.78 is 0. The van der Waals surface area contributed by atoms with E-state index in [2.05, 4.69) is 31.1 Å². The van der Waals surface area contributed by atoms with Crippen molar-refractivity contribution >= 4 is 16.7 Å². The van der Waals surface area contributed by atoms with Crippen LogP contribution in [0.4, 0.5) is 5.82 Å². The monoisotopic (exact) mass is 372 g/mol. The van der Waals surface area contributed by atoms with Crippen LogP contribution in [0.1, 0.15) is 12.0 Å². The Hall–Kier alpha value is -3.32. The molecule has 0 aliphatic carbocycles. The molecule has 5 heterocycles. The van der Waals surface area contributed by atoms with E-state index in [1.807, 2.05) is 31.2 Å². The van der Waals surface area contributed by atoms with Crippen molar-refractivity contribution in [3.05, 3.63) is 54.5 Å². The number of nitrogens with zero attached hydrogens (tertiary/aromatic N) is 5. The summed E-state index contributed by atoms with van der Waals surface area (Å²) in [6.45, 7) is 3.48. The van der Waals surface area contributed by atoms with Crippen LogP contribution in [0.25, 0.3) is 33.5 Å². The highest BCUT2D eigenvalue weighted by molar-refractivity contribution is 5.93. The fraction of sp³-hybridized carbons (Fsp3) is 0.238. The van der Waals surface area contributed by atoms with Crippen molar-refractivity contribution in [1.82, 2.24) is 25.1 Å². The Balaban J connectivity index is 1.59. The number of fused-ring (bicyclic) bond motifs is 1. The van der Waals surface area contributed by atoms with Crippen molar-refractivity contribution in [2.45, 2.75) is 19.4 Å². The Morgan fingerprint density at radius 1 is 1.18 bits per heavy atom. The first-order chi connectivity index (χ1) is 13.7. The summed E-state index contributed by atoms with van der Waals surface area (Å²) in [7, 11) is 0. The van der Waals surface area contributed by atoms with Gasteiger partial charge in [-0.15, -0.1) is 0 Å². The lowest BCUT2D eigenvalue weighted by Crippen LogP contribution is -2.23. The number of rotatable bonds is 3. The van der Waals surface area contributed by atoms with Gasteiger partial charge < -0.3 is 10.0 Å². The molecule has 5 rings (SSSR count). The normalized spacial score (nSPS) is 16.8. The molecule has 0 spiro atoms. The Kier molecular flexibility index (Phi) is 4.02. The Bertz CT molecular complexity index is 1140. The minimum atomic E-state index is -0.288. The van der Waals surface area contributed by atoms with Crippen LogP contribution in [-0.4, -0.2) is 49.4 Å². The number of aromatic nitrogens is 5. The van der Waals surface area contributed by atoms with E-state index >= 15 is 0 Å². The van der Waals surface area contributed by atoms with E-state index in [-0.39, 0.29) is 6.10 Å². The van der Waals surface area contributed by atoms with Crippen LogP contribution < -0.4 is 4.90 Å². The zero-order valence-corrected chi connectivity index (χ0v) is 15.5. The fourth-order valence-electron chi connectivity index (χ4n) is 3.69. The molecule has 0 aromatic carbocycles. The lowest BCUT2D eigenvalue weighted by atomic mass is 10.1. The van der Waals surface area contributed by atoms with Crippen molar-refractivity contribution in [2.75, 3.05) is 18.0 Å². The SMILES string of the molecule is Cc1ccc(-c2n[nH]c3cnc(-c4cccnc4)cc23)nc1N1CC[C@H](O)C1. The number of pyridine rings is 3. The maximum atomic E-state index is 9.89. The molecule has 7 heteroatoms. The predicted molar refractivity (Wildman–Crippen MR) is 108 cm³/mol. The lowest BCUT2D eigenvalue weighted by molar-refractivity contribution is 0.198. The molecule has 1 aliphatic heterocycles. The van der Waals surface area contributed by atoms with E-state index in [0.717, 1.165) is 57.9 Å². The number of β-amino-alcohol motifs (C(OH)–C–C–N with tert-alkyl or cyclic N) is 1. The maximum Gasteiger partial charge on any atom is 0.132 e. The van der Waals surface area contributed by atoms with E-state index < -0.39 is 0 Å². The zero-order chi connectivity index (χ0) is 19.1. The zero-order valence-electron chi connectivity index (χ0n) is 15.5. The third kappa shape index (κ3) is 2.90. The van der Waals surface area contributed by atoms with Crippen LogP contribution in [0.5, 0.6) is 0 Å². The molecule has 140 valence electrons. The van der Waals surface area contributed by atoms with Crippen molar-refractivity contribution in [3.63, 3.8) is 0 Å². The molecular weight excluding hydrogens is 352 g/mol. The molecule has 0 amide bonds. The molecule has 0 unspecified atom stereocenters. The number of aryl methyl sites for hydroxylation is 1. The van der Waals surface area contributed by atoms with Crippen LogP contribution in [0.15, 0.2) is 48.9 Å². The van der Waals surface area contributed by atoms with Gasteiger partial charge in [0.25, 0.3) is 0 Å². The van der Waals surface area contributed by atoms with Gasteiger partial charge in [0.1, 0.15) is 11.5 Å². The Labute approximate surface area is 162 Å². The van der Waals surface area contributed by atoms with Gasteiger partial charge in [-0.1, -0.05) is 6.07 Å². The molecule has 0 radical (unpaired) electrons. The molecular formula is C21H20N6O. The van der Waals surface area contributed by atoms with Gasteiger partial charge in [0.15, 0.2) is 0 Å². The molecule has 1 aliphatic rings. The second-order valence-electron chi connectivity index (χ2n) is 7.15. The van der Waals surface area contributed by atoms with E-state index in [1.165, 1.54) is 0 Å². The molecule has 4 aromatic heterocycles. The van der Waals surface area contributed by atoms with Gasteiger partial charge in [-0.3, -0.25) is 15.1 Å². The number of H-pyrrole nitrogens is 1. The van der Waals surface area contributed by atoms with Gasteiger partial charge >= 0.3 is 0 Å². The summed E-state index contributed by atoms with van der Waals surface area (Å²) >= 11 is 0. The standard InChI is InChI=1S/C21H20N6O/c1-13-4-5-17(24-21(13)27-8-6-15(28)12-27)20-16-9-18(14-3-2-7-22-10-14)23-11-19(16)25-26-20/h2-5,7,9-11,15,28H,6,8,12H2,1H3,(H,25,26)/t15-/m0/s1. The molecule has 0 saturated carbocycles. The van der Waals surface area contributed by atoms with Gasteiger partial charge in [0.2, 0.25) is 0 Å². The van der Waals surface area contributed by atoms with Crippen LogP contribution in [0, 0.1) is 6.92 Å². The van der Waals surface area contributed by atoms with Gasteiger partial charge in [-0.05, 0) is 43.2 Å². The summed E-state index contributed by atoms with van der Waals surface area (Å²) in [4.78, 5) is 15.7. The van der Waals surface area contributed by atoms with E-state index in [9.17, 15) is 5.11 Å². The average molecular weight is 372 g/mol. The average Bonchev–Trinajstić information content (AvgIpc) is 3.35. The number of aromatic amines is 1. The Morgan fingerprint density at radius 3 is 2.89 bits per heavy atom. The lowest BCUT2D eigenvalue weighted by Gasteiger charge is -2.19. The number of aliphatic hydroxyl groups excluding tert-OH is 1. The smallest absolute Gasteiger partial charge is 0.132 e. The summed E-state index contributed by atoms with van der Waals surface area (Å²) in [6.07, 6.45) is 5.83. The van der Waals surface area contributed by atoms with E-state index in [0.29, 0.717) is 6.54 Å². The van der Waals surface area contributed by atoms with Crippen LogP contribution in [0.3, 0.4) is 0 Å². The highest BCUT2D eigenvalue weighted by Crippen LogP contribution is 2.31. The summed E-state index contributed by atoms with van der Waals surface area (Å²) in [5, 5.41) is 18.4. The van der Waals surface area contributed by atoms with Crippen molar-refractivity contribution in [1.29, 1.82) is 0 Å². The van der Waals surface area contributed by atoms with Crippen LogP contribution in [-0.2, 0) is 0 Å². The second kappa shape index (κ2) is 6.69. The molecule has 28 heavy (non-hydrogen) atoms. The molecule has 0 bridgehead atoms. The number of aliphatic hydroxyl groups is 1. The number of hydrogen-bond donors (Lipinski definition) is 2. The summed E-state index contributed by atoms with van der Waals surface area (Å²) in [5.74, 6) is 0.909. The molecule has 1 atom stereocenters. The third-order valence-electron chi connectivity index (χ3n) is 5.18. The molecule has 2 N–H and O–H groups in total. The van der Waals surface area contributed by atoms with Gasteiger partial charge in [0, 0.05) is 36.4 Å². The molecule has 1 fully saturated rings. The minimum absolute atomic E-state index is 0.288. The predicted octanol–water partition coefficient (Wildman–Crippen LogP) is 2.96. The molecule has 4 aromatic rings. The number of hydrogen-bond acceptors (Lipinski definition) is 6. The van der Waals surface area contributed by atoms with Crippen molar-refractivity contribution in [3.8, 4) is 22.6 Å². The highest BCUT2D eigenvalue weighted by atomic mass is 16.3. The van der Waals surface area contributed by atoms with E-state index in [4.69, 9.17) is 4.98 Å². The first kappa shape index (κ1) is 16.8. The molecule has 1 saturated heterocycles. The number of nitrogens with one attached hydrogen (secondary N) is 1. The van der Waals surface area contributed by atoms with Gasteiger partial charge in [-0.25, -0.2) is 4.98 Å². The molecule has 7 nitrogen and oxygen atoms in total. The minimum Gasteiger partial charge on any atom is -0.391 e. The first-order valence-electron chi connectivity index (χ1n) is 9.34.